The summed E-state index contributed by atoms with van der Waals surface area (Å²) in [5, 5.41) is 5.00. The van der Waals surface area contributed by atoms with E-state index in [2.05, 4.69) is 10.6 Å². The summed E-state index contributed by atoms with van der Waals surface area (Å²) in [6.07, 6.45) is 2.34. The lowest BCUT2D eigenvalue weighted by molar-refractivity contribution is -0.138. The molecule has 1 rings (SSSR count). The quantitative estimate of drug-likeness (QED) is 0.679. The number of hydrogen-bond acceptors (Lipinski definition) is 3. The topological polar surface area (TPSA) is 78.5 Å². The van der Waals surface area contributed by atoms with Gasteiger partial charge in [-0.1, -0.05) is 0 Å². The van der Waals surface area contributed by atoms with Crippen LogP contribution in [0.2, 0.25) is 0 Å². The molecule has 1 aliphatic heterocycles. The zero-order chi connectivity index (χ0) is 12.8. The van der Waals surface area contributed by atoms with E-state index in [0.717, 1.165) is 12.8 Å². The van der Waals surface area contributed by atoms with Crippen LogP contribution in [0.25, 0.3) is 0 Å². The van der Waals surface area contributed by atoms with Gasteiger partial charge in [0.25, 0.3) is 0 Å². The van der Waals surface area contributed by atoms with E-state index in [-0.39, 0.29) is 24.3 Å². The molecule has 6 nitrogen and oxygen atoms in total. The van der Waals surface area contributed by atoms with E-state index >= 15 is 0 Å². The maximum absolute atomic E-state index is 11.6. The summed E-state index contributed by atoms with van der Waals surface area (Å²) in [6, 6.07) is -0.576. The normalized spacial score (nSPS) is 17.5. The number of nitrogens with zero attached hydrogens (tertiary/aromatic N) is 1. The van der Waals surface area contributed by atoms with E-state index < -0.39 is 6.04 Å². The molecular weight excluding hydrogens is 222 g/mol. The average molecular weight is 241 g/mol. The molecule has 17 heavy (non-hydrogen) atoms. The van der Waals surface area contributed by atoms with Gasteiger partial charge >= 0.3 is 0 Å². The minimum atomic E-state index is -0.576. The molecule has 2 N–H and O–H groups in total. The van der Waals surface area contributed by atoms with Crippen molar-refractivity contribution in [2.24, 2.45) is 0 Å². The van der Waals surface area contributed by atoms with Crippen LogP contribution in [0.15, 0.2) is 0 Å². The Hall–Kier alpha value is -1.59. The molecule has 0 bridgehead atoms. The Balaban J connectivity index is 2.38. The second kappa shape index (κ2) is 6.22. The Morgan fingerprint density at radius 2 is 2.12 bits per heavy atom. The van der Waals surface area contributed by atoms with E-state index in [9.17, 15) is 14.4 Å². The number of piperidine rings is 1. The molecule has 1 atom stereocenters. The maximum atomic E-state index is 11.6. The van der Waals surface area contributed by atoms with Crippen molar-refractivity contribution in [3.8, 4) is 0 Å². The molecule has 6 heteroatoms. The summed E-state index contributed by atoms with van der Waals surface area (Å²) in [4.78, 5) is 35.8. The summed E-state index contributed by atoms with van der Waals surface area (Å²) in [5.74, 6) is -0.529. The standard InChI is InChI=1S/C11H19N3O3/c1-8(11(17)12-2)13-9(15)7-14-6-4-3-5-10(14)16/h8H,3-7H2,1-2H3,(H,12,17)(H,13,15)/t8-/m0/s1. The van der Waals surface area contributed by atoms with Gasteiger partial charge < -0.3 is 15.5 Å². The molecule has 1 fully saturated rings. The molecule has 3 amide bonds. The number of likely N-dealkylation sites (tertiary alicyclic amines) is 1. The molecule has 0 aromatic carbocycles. The number of likely N-dealkylation sites (N-methyl/N-ethyl adjacent to an activating group) is 1. The fraction of sp³-hybridized carbons (Fsp3) is 0.727. The SMILES string of the molecule is CNC(=O)[C@H](C)NC(=O)CN1CCCCC1=O. The Morgan fingerprint density at radius 1 is 1.41 bits per heavy atom. The molecule has 0 unspecified atom stereocenters. The van der Waals surface area contributed by atoms with E-state index in [1.165, 1.54) is 11.9 Å². The third kappa shape index (κ3) is 4.05. The van der Waals surface area contributed by atoms with Gasteiger partial charge in [-0.25, -0.2) is 0 Å². The van der Waals surface area contributed by atoms with E-state index in [4.69, 9.17) is 0 Å². The lowest BCUT2D eigenvalue weighted by Gasteiger charge is -2.26. The fourth-order valence-corrected chi connectivity index (χ4v) is 1.77. The van der Waals surface area contributed by atoms with Crippen LogP contribution in [-0.4, -0.2) is 48.8 Å². The summed E-state index contributed by atoms with van der Waals surface area (Å²) >= 11 is 0. The molecule has 1 heterocycles. The van der Waals surface area contributed by atoms with Gasteiger partial charge in [0, 0.05) is 20.0 Å². The van der Waals surface area contributed by atoms with Gasteiger partial charge in [0.05, 0.1) is 6.54 Å². The Bertz CT molecular complexity index is 317. The Labute approximate surface area is 101 Å². The van der Waals surface area contributed by atoms with Crippen molar-refractivity contribution >= 4 is 17.7 Å². The molecule has 0 spiro atoms. The highest BCUT2D eigenvalue weighted by molar-refractivity contribution is 5.89. The van der Waals surface area contributed by atoms with E-state index in [1.54, 1.807) is 6.92 Å². The Morgan fingerprint density at radius 3 is 2.71 bits per heavy atom. The maximum Gasteiger partial charge on any atom is 0.242 e. The van der Waals surface area contributed by atoms with Crippen molar-refractivity contribution in [2.75, 3.05) is 20.1 Å². The molecule has 96 valence electrons. The summed E-state index contributed by atoms with van der Waals surface area (Å²) in [6.45, 7) is 2.27. The number of carbonyl (C=O) groups excluding carboxylic acids is 3. The molecule has 0 aromatic heterocycles. The molecule has 0 aromatic rings. The van der Waals surface area contributed by atoms with Crippen molar-refractivity contribution in [1.82, 2.24) is 15.5 Å². The van der Waals surface area contributed by atoms with Gasteiger partial charge in [-0.15, -0.1) is 0 Å². The second-order valence-corrected chi connectivity index (χ2v) is 4.18. The first-order valence-corrected chi connectivity index (χ1v) is 5.83. The third-order valence-corrected chi connectivity index (χ3v) is 2.77. The second-order valence-electron chi connectivity index (χ2n) is 4.18. The molecule has 0 saturated carbocycles. The molecular formula is C11H19N3O3. The van der Waals surface area contributed by atoms with Gasteiger partial charge in [0.2, 0.25) is 17.7 Å². The highest BCUT2D eigenvalue weighted by Gasteiger charge is 2.22. The molecule has 1 aliphatic rings. The molecule has 1 saturated heterocycles. The van der Waals surface area contributed by atoms with Gasteiger partial charge in [0.1, 0.15) is 6.04 Å². The van der Waals surface area contributed by atoms with E-state index in [1.807, 2.05) is 0 Å². The molecule has 0 aliphatic carbocycles. The zero-order valence-corrected chi connectivity index (χ0v) is 10.3. The van der Waals surface area contributed by atoms with Gasteiger partial charge in [-0.2, -0.15) is 0 Å². The number of carbonyl (C=O) groups is 3. The Kier molecular flexibility index (Phi) is 4.93. The van der Waals surface area contributed by atoms with Crippen LogP contribution in [0.5, 0.6) is 0 Å². The van der Waals surface area contributed by atoms with Crippen LogP contribution >= 0.6 is 0 Å². The smallest absolute Gasteiger partial charge is 0.242 e. The van der Waals surface area contributed by atoms with Crippen molar-refractivity contribution in [1.29, 1.82) is 0 Å². The van der Waals surface area contributed by atoms with Crippen molar-refractivity contribution in [3.05, 3.63) is 0 Å². The summed E-state index contributed by atoms with van der Waals surface area (Å²) in [7, 11) is 1.51. The van der Waals surface area contributed by atoms with Crippen molar-refractivity contribution in [2.45, 2.75) is 32.2 Å². The lowest BCUT2D eigenvalue weighted by atomic mass is 10.1. The molecule has 0 radical (unpaired) electrons. The van der Waals surface area contributed by atoms with E-state index in [0.29, 0.717) is 13.0 Å². The minimum Gasteiger partial charge on any atom is -0.357 e. The first kappa shape index (κ1) is 13.5. The predicted octanol–water partition coefficient (Wildman–Crippen LogP) is -0.750. The predicted molar refractivity (Wildman–Crippen MR) is 62.1 cm³/mol. The van der Waals surface area contributed by atoms with Crippen LogP contribution in [0, 0.1) is 0 Å². The fourth-order valence-electron chi connectivity index (χ4n) is 1.77. The van der Waals surface area contributed by atoms with Crippen LogP contribution < -0.4 is 10.6 Å². The lowest BCUT2D eigenvalue weighted by Crippen LogP contribution is -2.49. The highest BCUT2D eigenvalue weighted by Crippen LogP contribution is 2.09. The summed E-state index contributed by atoms with van der Waals surface area (Å²) < 4.78 is 0. The van der Waals surface area contributed by atoms with Crippen LogP contribution in [0.3, 0.4) is 0 Å². The van der Waals surface area contributed by atoms with Crippen LogP contribution in [0.4, 0.5) is 0 Å². The van der Waals surface area contributed by atoms with Crippen LogP contribution in [0.1, 0.15) is 26.2 Å². The minimum absolute atomic E-state index is 0.0130. The summed E-state index contributed by atoms with van der Waals surface area (Å²) in [5.41, 5.74) is 0. The van der Waals surface area contributed by atoms with Crippen molar-refractivity contribution < 1.29 is 14.4 Å². The average Bonchev–Trinajstić information content (AvgIpc) is 2.31. The zero-order valence-electron chi connectivity index (χ0n) is 10.3. The van der Waals surface area contributed by atoms with Gasteiger partial charge in [-0.3, -0.25) is 14.4 Å². The number of nitrogens with one attached hydrogen (secondary N) is 2. The van der Waals surface area contributed by atoms with Gasteiger partial charge in [-0.05, 0) is 19.8 Å². The van der Waals surface area contributed by atoms with Crippen LogP contribution in [-0.2, 0) is 14.4 Å². The van der Waals surface area contributed by atoms with Gasteiger partial charge in [0.15, 0.2) is 0 Å². The number of hydrogen-bond donors (Lipinski definition) is 2. The first-order valence-electron chi connectivity index (χ1n) is 5.83. The van der Waals surface area contributed by atoms with Crippen molar-refractivity contribution in [3.63, 3.8) is 0 Å². The largest absolute Gasteiger partial charge is 0.357 e. The monoisotopic (exact) mass is 241 g/mol. The number of rotatable bonds is 4. The number of amides is 3. The third-order valence-electron chi connectivity index (χ3n) is 2.77. The first-order chi connectivity index (χ1) is 8.04. The highest BCUT2D eigenvalue weighted by atomic mass is 16.2.